The van der Waals surface area contributed by atoms with E-state index >= 15 is 0 Å². The lowest BCUT2D eigenvalue weighted by molar-refractivity contribution is 1.16. The standard InChI is InChI=1S/C24H22N4/c1-3-15-9-21-12-19-6-5-17(25-19)11-18-7-8-20(26-18)13-23-16(4-2)10-22(28-23)14-24(15)27-21/h5-14,26-27H,3-4H2,1-2H3/i9D. The van der Waals surface area contributed by atoms with Gasteiger partial charge in [-0.3, -0.25) is 0 Å². The number of fused-ring (bicyclic) bond motifs is 8. The minimum Gasteiger partial charge on any atom is -0.355 e. The number of aromatic nitrogens is 4. The Hall–Kier alpha value is -3.40. The highest BCUT2D eigenvalue weighted by Crippen LogP contribution is 2.26. The molecule has 3 aromatic rings. The lowest BCUT2D eigenvalue weighted by Crippen LogP contribution is -1.79. The van der Waals surface area contributed by atoms with Gasteiger partial charge in [-0.1, -0.05) is 13.8 Å². The van der Waals surface area contributed by atoms with E-state index in [1.807, 2.05) is 30.4 Å². The van der Waals surface area contributed by atoms with Crippen molar-refractivity contribution in [2.24, 2.45) is 0 Å². The summed E-state index contributed by atoms with van der Waals surface area (Å²) in [4.78, 5) is 16.4. The Kier molecular flexibility index (Phi) is 3.71. The molecule has 0 amide bonds. The highest BCUT2D eigenvalue weighted by molar-refractivity contribution is 5.85. The zero-order chi connectivity index (χ0) is 20.0. The molecule has 8 bridgehead atoms. The number of H-pyrrole nitrogens is 2. The van der Waals surface area contributed by atoms with Crippen molar-refractivity contribution in [3.05, 3.63) is 70.8 Å². The van der Waals surface area contributed by atoms with Crippen LogP contribution in [0.3, 0.4) is 0 Å². The van der Waals surface area contributed by atoms with E-state index in [-0.39, 0.29) is 0 Å². The zero-order valence-corrected chi connectivity index (χ0v) is 16.0. The van der Waals surface area contributed by atoms with Crippen LogP contribution in [0.15, 0.2) is 42.4 Å². The van der Waals surface area contributed by atoms with Gasteiger partial charge in [0.1, 0.15) is 0 Å². The molecule has 4 heteroatoms. The predicted molar refractivity (Wildman–Crippen MR) is 117 cm³/mol. The van der Waals surface area contributed by atoms with Crippen molar-refractivity contribution in [1.82, 2.24) is 19.9 Å². The van der Waals surface area contributed by atoms with Gasteiger partial charge in [0.05, 0.1) is 24.1 Å². The number of aromatic amines is 2. The van der Waals surface area contributed by atoms with E-state index in [1.165, 1.54) is 5.57 Å². The molecule has 0 aliphatic carbocycles. The highest BCUT2D eigenvalue weighted by atomic mass is 14.8. The average Bonchev–Trinajstić information content (AvgIpc) is 3.46. The molecule has 4 nitrogen and oxygen atoms in total. The van der Waals surface area contributed by atoms with E-state index in [0.717, 1.165) is 63.2 Å². The molecule has 28 heavy (non-hydrogen) atoms. The Morgan fingerprint density at radius 3 is 2.32 bits per heavy atom. The van der Waals surface area contributed by atoms with Gasteiger partial charge in [0, 0.05) is 22.1 Å². The van der Waals surface area contributed by atoms with Crippen LogP contribution in [-0.2, 0) is 6.42 Å². The van der Waals surface area contributed by atoms with Gasteiger partial charge < -0.3 is 9.97 Å². The maximum Gasteiger partial charge on any atom is 0.0690 e. The summed E-state index contributed by atoms with van der Waals surface area (Å²) in [7, 11) is 0. The SMILES string of the molecule is [2H]c1c(CC)c2cc3nc(cc4ccc(cc5nc(cc1[nH]2)C=C5)[nH]4)C(CC)=C3. The Morgan fingerprint density at radius 2 is 1.57 bits per heavy atom. The second kappa shape index (κ2) is 6.64. The molecular formula is C24H22N4. The van der Waals surface area contributed by atoms with E-state index in [4.69, 9.17) is 6.35 Å². The largest absolute Gasteiger partial charge is 0.355 e. The van der Waals surface area contributed by atoms with Gasteiger partial charge in [-0.15, -0.1) is 0 Å². The third-order valence-electron chi connectivity index (χ3n) is 5.11. The van der Waals surface area contributed by atoms with Crippen LogP contribution in [0.4, 0.5) is 0 Å². The second-order valence-corrected chi connectivity index (χ2v) is 7.10. The van der Waals surface area contributed by atoms with E-state index < -0.39 is 0 Å². The number of nitrogens with one attached hydrogen (secondary N) is 2. The van der Waals surface area contributed by atoms with Crippen LogP contribution in [0.1, 0.15) is 50.0 Å². The van der Waals surface area contributed by atoms with Crippen molar-refractivity contribution < 1.29 is 1.37 Å². The summed E-state index contributed by atoms with van der Waals surface area (Å²) in [5.74, 6) is 0. The monoisotopic (exact) mass is 367 g/mol. The molecule has 0 atom stereocenters. The minimum atomic E-state index is 0.527. The third-order valence-corrected chi connectivity index (χ3v) is 5.11. The Bertz CT molecular complexity index is 1340. The van der Waals surface area contributed by atoms with Crippen LogP contribution in [0, 0.1) is 0 Å². The summed E-state index contributed by atoms with van der Waals surface area (Å²) in [5, 5.41) is 0. The normalized spacial score (nSPS) is 13.5. The van der Waals surface area contributed by atoms with E-state index in [2.05, 4.69) is 53.1 Å². The Labute approximate surface area is 165 Å². The van der Waals surface area contributed by atoms with Crippen molar-refractivity contribution >= 4 is 45.9 Å². The molecule has 0 unspecified atom stereocenters. The number of rotatable bonds is 2. The molecule has 0 radical (unpaired) electrons. The third kappa shape index (κ3) is 3.07. The van der Waals surface area contributed by atoms with Gasteiger partial charge >= 0.3 is 0 Å². The van der Waals surface area contributed by atoms with Crippen molar-refractivity contribution in [3.63, 3.8) is 0 Å². The smallest absolute Gasteiger partial charge is 0.0690 e. The number of allylic oxidation sites excluding steroid dienone is 1. The fraction of sp³-hybridized carbons (Fsp3) is 0.167. The fourth-order valence-electron chi connectivity index (χ4n) is 3.69. The summed E-state index contributed by atoms with van der Waals surface area (Å²) in [6.45, 7) is 4.23. The number of nitrogens with zero attached hydrogens (tertiary/aromatic N) is 2. The van der Waals surface area contributed by atoms with Gasteiger partial charge in [-0.25, -0.2) is 9.97 Å². The van der Waals surface area contributed by atoms with Crippen LogP contribution < -0.4 is 0 Å². The number of hydrogen-bond donors (Lipinski definition) is 2. The van der Waals surface area contributed by atoms with Crippen molar-refractivity contribution in [2.75, 3.05) is 0 Å². The van der Waals surface area contributed by atoms with E-state index in [1.54, 1.807) is 0 Å². The van der Waals surface area contributed by atoms with Crippen LogP contribution in [-0.4, -0.2) is 19.9 Å². The van der Waals surface area contributed by atoms with Crippen LogP contribution in [0.2, 0.25) is 0 Å². The molecule has 0 saturated carbocycles. The first-order chi connectivity index (χ1) is 14.1. The first kappa shape index (κ1) is 15.6. The summed E-state index contributed by atoms with van der Waals surface area (Å²) in [6.07, 6.45) is 7.81. The Morgan fingerprint density at radius 1 is 0.821 bits per heavy atom. The second-order valence-electron chi connectivity index (χ2n) is 7.10. The minimum absolute atomic E-state index is 0.527. The molecule has 0 aromatic carbocycles. The molecule has 0 saturated heterocycles. The van der Waals surface area contributed by atoms with Crippen LogP contribution in [0.25, 0.3) is 45.9 Å². The van der Waals surface area contributed by atoms with Crippen LogP contribution in [0.5, 0.6) is 0 Å². The van der Waals surface area contributed by atoms with Gasteiger partial charge in [0.15, 0.2) is 0 Å². The van der Waals surface area contributed by atoms with E-state index in [0.29, 0.717) is 6.04 Å². The zero-order valence-electron chi connectivity index (χ0n) is 17.0. The first-order valence-electron chi connectivity index (χ1n) is 10.2. The number of aryl methyl sites for hydroxylation is 1. The number of hydrogen-bond acceptors (Lipinski definition) is 2. The summed E-state index contributed by atoms with van der Waals surface area (Å²) < 4.78 is 8.60. The molecule has 2 aliphatic rings. The van der Waals surface area contributed by atoms with Gasteiger partial charge in [0.2, 0.25) is 0 Å². The molecule has 5 rings (SSSR count). The molecular weight excluding hydrogens is 344 g/mol. The van der Waals surface area contributed by atoms with Gasteiger partial charge in [0.25, 0.3) is 0 Å². The maximum absolute atomic E-state index is 8.60. The first-order valence-corrected chi connectivity index (χ1v) is 9.72. The Balaban J connectivity index is 1.89. The quantitative estimate of drug-likeness (QED) is 0.456. The average molecular weight is 367 g/mol. The van der Waals surface area contributed by atoms with Crippen molar-refractivity contribution in [3.8, 4) is 0 Å². The van der Waals surface area contributed by atoms with Crippen LogP contribution >= 0.6 is 0 Å². The van der Waals surface area contributed by atoms with E-state index in [9.17, 15) is 0 Å². The molecule has 3 aromatic heterocycles. The summed E-state index contributed by atoms with van der Waals surface area (Å²) in [6, 6.07) is 12.8. The molecule has 5 heterocycles. The fourth-order valence-corrected chi connectivity index (χ4v) is 3.69. The lowest BCUT2D eigenvalue weighted by atomic mass is 10.1. The molecule has 0 spiro atoms. The summed E-state index contributed by atoms with van der Waals surface area (Å²) >= 11 is 0. The predicted octanol–water partition coefficient (Wildman–Crippen LogP) is 6.00. The highest BCUT2D eigenvalue weighted by Gasteiger charge is 2.09. The van der Waals surface area contributed by atoms with Crippen molar-refractivity contribution in [1.29, 1.82) is 0 Å². The molecule has 0 fully saturated rings. The van der Waals surface area contributed by atoms with Crippen molar-refractivity contribution in [2.45, 2.75) is 26.7 Å². The summed E-state index contributed by atoms with van der Waals surface area (Å²) in [5.41, 5.74) is 9.58. The topological polar surface area (TPSA) is 57.4 Å². The lowest BCUT2D eigenvalue weighted by Gasteiger charge is -1.93. The molecule has 2 N–H and O–H groups in total. The van der Waals surface area contributed by atoms with Gasteiger partial charge in [-0.05, 0) is 84.6 Å². The molecule has 138 valence electrons. The maximum atomic E-state index is 8.60. The molecule has 2 aliphatic heterocycles. The van der Waals surface area contributed by atoms with Gasteiger partial charge in [-0.2, -0.15) is 0 Å².